The van der Waals surface area contributed by atoms with Gasteiger partial charge in [-0.1, -0.05) is 6.92 Å². The topological polar surface area (TPSA) is 78.4 Å². The zero-order valence-electron chi connectivity index (χ0n) is 13.2. The maximum atomic E-state index is 12.4. The number of carboxylic acids is 1. The monoisotopic (exact) mass is 296 g/mol. The first kappa shape index (κ1) is 16.3. The van der Waals surface area contributed by atoms with Crippen LogP contribution in [0.2, 0.25) is 0 Å². The zero-order chi connectivity index (χ0) is 15.5. The predicted molar refractivity (Wildman–Crippen MR) is 80.9 cm³/mol. The molecule has 0 aromatic rings. The molecule has 5 heteroatoms. The first-order valence-corrected chi connectivity index (χ1v) is 8.10. The lowest BCUT2D eigenvalue weighted by Crippen LogP contribution is -2.52. The Bertz CT molecular complexity index is 394. The molecule has 0 radical (unpaired) electrons. The highest BCUT2D eigenvalue weighted by atomic mass is 16.4. The number of carbonyl (C=O) groups is 2. The lowest BCUT2D eigenvalue weighted by Gasteiger charge is -2.38. The Morgan fingerprint density at radius 3 is 2.48 bits per heavy atom. The van der Waals surface area contributed by atoms with Gasteiger partial charge in [-0.2, -0.15) is 0 Å². The fourth-order valence-electron chi connectivity index (χ4n) is 3.49. The summed E-state index contributed by atoms with van der Waals surface area (Å²) in [6.45, 7) is 6.03. The molecule has 1 saturated heterocycles. The maximum absolute atomic E-state index is 12.4. The van der Waals surface area contributed by atoms with Crippen LogP contribution in [0, 0.1) is 16.7 Å². The standard InChI is InChI=1S/C16H28N2O3/c1-12-4-7-16(8-5-12,14(20)21)11-18-13(19)15(2)6-3-9-17-10-15/h12,17H,3-11H2,1-2H3,(H,18,19)(H,20,21). The predicted octanol–water partition coefficient (Wildman–Crippen LogP) is 1.77. The van der Waals surface area contributed by atoms with Gasteiger partial charge in [-0.05, 0) is 57.9 Å². The van der Waals surface area contributed by atoms with E-state index in [1.54, 1.807) is 0 Å². The van der Waals surface area contributed by atoms with Gasteiger partial charge in [0.2, 0.25) is 5.91 Å². The first-order valence-electron chi connectivity index (χ1n) is 8.10. The minimum absolute atomic E-state index is 0.00560. The Morgan fingerprint density at radius 2 is 1.95 bits per heavy atom. The highest BCUT2D eigenvalue weighted by molar-refractivity contribution is 5.83. The molecule has 1 saturated carbocycles. The van der Waals surface area contributed by atoms with Crippen molar-refractivity contribution in [3.63, 3.8) is 0 Å². The van der Waals surface area contributed by atoms with Crippen LogP contribution in [0.1, 0.15) is 52.4 Å². The van der Waals surface area contributed by atoms with Crippen molar-refractivity contribution in [2.45, 2.75) is 52.4 Å². The summed E-state index contributed by atoms with van der Waals surface area (Å²) in [5, 5.41) is 15.8. The zero-order valence-corrected chi connectivity index (χ0v) is 13.2. The quantitative estimate of drug-likeness (QED) is 0.739. The van der Waals surface area contributed by atoms with E-state index in [2.05, 4.69) is 17.6 Å². The molecule has 1 heterocycles. The molecular formula is C16H28N2O3. The second-order valence-corrected chi connectivity index (χ2v) is 7.29. The Balaban J connectivity index is 1.96. The van der Waals surface area contributed by atoms with E-state index < -0.39 is 16.8 Å². The van der Waals surface area contributed by atoms with Crippen molar-refractivity contribution in [1.82, 2.24) is 10.6 Å². The van der Waals surface area contributed by atoms with Gasteiger partial charge in [-0.25, -0.2) is 0 Å². The van der Waals surface area contributed by atoms with Gasteiger partial charge in [0.05, 0.1) is 10.8 Å². The van der Waals surface area contributed by atoms with Crippen molar-refractivity contribution in [1.29, 1.82) is 0 Å². The highest BCUT2D eigenvalue weighted by Gasteiger charge is 2.43. The third kappa shape index (κ3) is 3.57. The molecule has 1 aliphatic heterocycles. The highest BCUT2D eigenvalue weighted by Crippen LogP contribution is 2.39. The molecule has 0 spiro atoms. The van der Waals surface area contributed by atoms with Gasteiger partial charge in [0.25, 0.3) is 0 Å². The lowest BCUT2D eigenvalue weighted by atomic mass is 9.70. The molecule has 1 unspecified atom stereocenters. The van der Waals surface area contributed by atoms with E-state index >= 15 is 0 Å². The van der Waals surface area contributed by atoms with Crippen LogP contribution < -0.4 is 10.6 Å². The van der Waals surface area contributed by atoms with Crippen molar-refractivity contribution in [3.8, 4) is 0 Å². The van der Waals surface area contributed by atoms with Gasteiger partial charge in [-0.3, -0.25) is 9.59 Å². The van der Waals surface area contributed by atoms with Crippen LogP contribution in [0.5, 0.6) is 0 Å². The summed E-state index contributed by atoms with van der Waals surface area (Å²) in [7, 11) is 0. The number of carbonyl (C=O) groups excluding carboxylic acids is 1. The summed E-state index contributed by atoms with van der Waals surface area (Å²) in [4.78, 5) is 24.1. The Labute approximate surface area is 126 Å². The molecule has 1 amide bonds. The minimum atomic E-state index is -0.763. The van der Waals surface area contributed by atoms with Crippen LogP contribution in [-0.4, -0.2) is 36.6 Å². The number of piperidine rings is 1. The van der Waals surface area contributed by atoms with Crippen molar-refractivity contribution in [2.24, 2.45) is 16.7 Å². The van der Waals surface area contributed by atoms with E-state index in [0.717, 1.165) is 32.2 Å². The van der Waals surface area contributed by atoms with Crippen molar-refractivity contribution < 1.29 is 14.7 Å². The molecule has 120 valence electrons. The molecular weight excluding hydrogens is 268 g/mol. The molecule has 3 N–H and O–H groups in total. The molecule has 0 aromatic carbocycles. The minimum Gasteiger partial charge on any atom is -0.481 e. The Morgan fingerprint density at radius 1 is 1.29 bits per heavy atom. The lowest BCUT2D eigenvalue weighted by molar-refractivity contribution is -0.151. The largest absolute Gasteiger partial charge is 0.481 e. The summed E-state index contributed by atoms with van der Waals surface area (Å²) in [6, 6.07) is 0. The van der Waals surface area contributed by atoms with Gasteiger partial charge < -0.3 is 15.7 Å². The van der Waals surface area contributed by atoms with Gasteiger partial charge in [0.15, 0.2) is 0 Å². The van der Waals surface area contributed by atoms with Crippen LogP contribution >= 0.6 is 0 Å². The summed E-state index contributed by atoms with van der Waals surface area (Å²) in [5.74, 6) is -0.177. The van der Waals surface area contributed by atoms with Crippen LogP contribution in [0.25, 0.3) is 0 Å². The Kier molecular flexibility index (Phi) is 4.91. The third-order valence-corrected chi connectivity index (χ3v) is 5.42. The number of rotatable bonds is 4. The first-order chi connectivity index (χ1) is 9.88. The molecule has 1 atom stereocenters. The number of hydrogen-bond donors (Lipinski definition) is 3. The fourth-order valence-corrected chi connectivity index (χ4v) is 3.49. The summed E-state index contributed by atoms with van der Waals surface area (Å²) in [6.07, 6.45) is 5.05. The van der Waals surface area contributed by atoms with E-state index in [1.807, 2.05) is 6.92 Å². The van der Waals surface area contributed by atoms with Crippen molar-refractivity contribution in [3.05, 3.63) is 0 Å². The molecule has 21 heavy (non-hydrogen) atoms. The average Bonchev–Trinajstić information content (AvgIpc) is 2.47. The van der Waals surface area contributed by atoms with E-state index in [-0.39, 0.29) is 12.5 Å². The van der Waals surface area contributed by atoms with Crippen LogP contribution in [0.15, 0.2) is 0 Å². The molecule has 2 rings (SSSR count). The molecule has 1 aliphatic carbocycles. The van der Waals surface area contributed by atoms with Gasteiger partial charge in [-0.15, -0.1) is 0 Å². The molecule has 2 fully saturated rings. The number of hydrogen-bond acceptors (Lipinski definition) is 3. The van der Waals surface area contributed by atoms with E-state index in [1.165, 1.54) is 0 Å². The van der Waals surface area contributed by atoms with Crippen molar-refractivity contribution >= 4 is 11.9 Å². The normalized spacial score (nSPS) is 37.0. The van der Waals surface area contributed by atoms with E-state index in [4.69, 9.17) is 0 Å². The summed E-state index contributed by atoms with van der Waals surface area (Å²) >= 11 is 0. The van der Waals surface area contributed by atoms with Crippen LogP contribution in [0.4, 0.5) is 0 Å². The number of amides is 1. The summed E-state index contributed by atoms with van der Waals surface area (Å²) < 4.78 is 0. The van der Waals surface area contributed by atoms with Gasteiger partial charge in [0, 0.05) is 13.1 Å². The molecule has 2 aliphatic rings. The van der Waals surface area contributed by atoms with E-state index in [9.17, 15) is 14.7 Å². The maximum Gasteiger partial charge on any atom is 0.311 e. The Hall–Kier alpha value is -1.10. The van der Waals surface area contributed by atoms with Gasteiger partial charge >= 0.3 is 5.97 Å². The SMILES string of the molecule is CC1CCC(CNC(=O)C2(C)CCCNC2)(C(=O)O)CC1. The number of nitrogens with one attached hydrogen (secondary N) is 2. The van der Waals surface area contributed by atoms with Crippen LogP contribution in [0.3, 0.4) is 0 Å². The van der Waals surface area contributed by atoms with Crippen LogP contribution in [-0.2, 0) is 9.59 Å². The summed E-state index contributed by atoms with van der Waals surface area (Å²) in [5.41, 5.74) is -1.17. The number of carboxylic acid groups (broad SMARTS) is 1. The smallest absolute Gasteiger partial charge is 0.311 e. The fraction of sp³-hybridized carbons (Fsp3) is 0.875. The third-order valence-electron chi connectivity index (χ3n) is 5.42. The molecule has 5 nitrogen and oxygen atoms in total. The number of aliphatic carboxylic acids is 1. The average molecular weight is 296 g/mol. The van der Waals surface area contributed by atoms with E-state index in [0.29, 0.717) is 25.3 Å². The second-order valence-electron chi connectivity index (χ2n) is 7.29. The molecule has 0 bridgehead atoms. The van der Waals surface area contributed by atoms with Gasteiger partial charge in [0.1, 0.15) is 0 Å². The van der Waals surface area contributed by atoms with Crippen molar-refractivity contribution in [2.75, 3.05) is 19.6 Å². The molecule has 0 aromatic heterocycles. The second kappa shape index (κ2) is 6.34.